The topological polar surface area (TPSA) is 83.8 Å². The number of fused-ring (bicyclic) bond motifs is 1. The fraction of sp³-hybridized carbons (Fsp3) is 0.222. The normalized spacial score (nSPS) is 12.3. The number of aromatic nitrogens is 2. The molecule has 0 saturated carbocycles. The van der Waals surface area contributed by atoms with Gasteiger partial charge in [-0.2, -0.15) is 5.10 Å². The SMILES string of the molecule is CCc1ccc([C@@H](C)NC(=O)c2ccc3[nH]nc(N)c3c2)cc1. The number of nitrogens with one attached hydrogen (secondary N) is 2. The summed E-state index contributed by atoms with van der Waals surface area (Å²) in [4.78, 5) is 12.4. The molecule has 3 aromatic rings. The van der Waals surface area contributed by atoms with Crippen LogP contribution < -0.4 is 11.1 Å². The molecule has 0 aliphatic heterocycles. The molecule has 1 amide bonds. The average Bonchev–Trinajstić information content (AvgIpc) is 2.95. The number of aromatic amines is 1. The van der Waals surface area contributed by atoms with Crippen LogP contribution in [0, 0.1) is 0 Å². The van der Waals surface area contributed by atoms with Gasteiger partial charge >= 0.3 is 0 Å². The Morgan fingerprint density at radius 3 is 2.70 bits per heavy atom. The van der Waals surface area contributed by atoms with E-state index in [9.17, 15) is 4.79 Å². The second kappa shape index (κ2) is 6.12. The molecule has 2 aromatic carbocycles. The molecule has 0 radical (unpaired) electrons. The standard InChI is InChI=1S/C18H20N4O/c1-3-12-4-6-13(7-5-12)11(2)20-18(23)14-8-9-16-15(10-14)17(19)22-21-16/h4-11H,3H2,1-2H3,(H,20,23)(H3,19,21,22)/t11-/m1/s1. The third kappa shape index (κ3) is 3.04. The average molecular weight is 308 g/mol. The lowest BCUT2D eigenvalue weighted by Crippen LogP contribution is -2.26. The monoisotopic (exact) mass is 308 g/mol. The molecular formula is C18H20N4O. The van der Waals surface area contributed by atoms with Crippen LogP contribution in [0.2, 0.25) is 0 Å². The molecule has 4 N–H and O–H groups in total. The van der Waals surface area contributed by atoms with Gasteiger partial charge in [-0.15, -0.1) is 0 Å². The van der Waals surface area contributed by atoms with Gasteiger partial charge in [0.15, 0.2) is 5.82 Å². The lowest BCUT2D eigenvalue weighted by Gasteiger charge is -2.15. The molecule has 5 heteroatoms. The molecule has 0 fully saturated rings. The highest BCUT2D eigenvalue weighted by Gasteiger charge is 2.13. The van der Waals surface area contributed by atoms with Crippen molar-refractivity contribution in [1.82, 2.24) is 15.5 Å². The number of anilines is 1. The minimum absolute atomic E-state index is 0.0641. The van der Waals surface area contributed by atoms with Gasteiger partial charge in [0.2, 0.25) is 0 Å². The number of aryl methyl sites for hydroxylation is 1. The fourth-order valence-corrected chi connectivity index (χ4v) is 2.58. The molecule has 0 aliphatic rings. The van der Waals surface area contributed by atoms with E-state index < -0.39 is 0 Å². The molecule has 1 heterocycles. The van der Waals surface area contributed by atoms with Gasteiger partial charge in [-0.3, -0.25) is 9.89 Å². The third-order valence-electron chi connectivity index (χ3n) is 4.09. The van der Waals surface area contributed by atoms with Crippen LogP contribution >= 0.6 is 0 Å². The minimum Gasteiger partial charge on any atom is -0.382 e. The number of carbonyl (C=O) groups is 1. The molecular weight excluding hydrogens is 288 g/mol. The van der Waals surface area contributed by atoms with E-state index in [0.717, 1.165) is 22.9 Å². The maximum atomic E-state index is 12.4. The minimum atomic E-state index is -0.125. The highest BCUT2D eigenvalue weighted by Crippen LogP contribution is 2.20. The van der Waals surface area contributed by atoms with Gasteiger partial charge in [-0.25, -0.2) is 0 Å². The van der Waals surface area contributed by atoms with Crippen molar-refractivity contribution in [2.24, 2.45) is 0 Å². The predicted octanol–water partition coefficient (Wildman–Crippen LogP) is 3.20. The van der Waals surface area contributed by atoms with E-state index in [1.165, 1.54) is 5.56 Å². The van der Waals surface area contributed by atoms with Gasteiger partial charge in [-0.1, -0.05) is 31.2 Å². The van der Waals surface area contributed by atoms with Crippen molar-refractivity contribution in [1.29, 1.82) is 0 Å². The Morgan fingerprint density at radius 1 is 1.26 bits per heavy atom. The summed E-state index contributed by atoms with van der Waals surface area (Å²) < 4.78 is 0. The van der Waals surface area contributed by atoms with E-state index in [-0.39, 0.29) is 11.9 Å². The third-order valence-corrected chi connectivity index (χ3v) is 4.09. The number of H-pyrrole nitrogens is 1. The Balaban J connectivity index is 1.77. The number of nitrogens with zero attached hydrogens (tertiary/aromatic N) is 1. The quantitative estimate of drug-likeness (QED) is 0.692. The van der Waals surface area contributed by atoms with Crippen molar-refractivity contribution in [2.45, 2.75) is 26.3 Å². The molecule has 5 nitrogen and oxygen atoms in total. The van der Waals surface area contributed by atoms with Crippen LogP contribution in [0.1, 0.15) is 41.4 Å². The summed E-state index contributed by atoms with van der Waals surface area (Å²) in [7, 11) is 0. The summed E-state index contributed by atoms with van der Waals surface area (Å²) in [6.07, 6.45) is 1.01. The van der Waals surface area contributed by atoms with Crippen LogP contribution in [0.25, 0.3) is 10.9 Å². The number of rotatable bonds is 4. The Morgan fingerprint density at radius 2 is 2.00 bits per heavy atom. The first-order chi connectivity index (χ1) is 11.1. The zero-order valence-electron chi connectivity index (χ0n) is 13.3. The molecule has 1 aromatic heterocycles. The maximum Gasteiger partial charge on any atom is 0.251 e. The first kappa shape index (κ1) is 15.1. The summed E-state index contributed by atoms with van der Waals surface area (Å²) in [5.74, 6) is 0.275. The molecule has 3 rings (SSSR count). The summed E-state index contributed by atoms with van der Waals surface area (Å²) in [6, 6.07) is 13.6. The largest absolute Gasteiger partial charge is 0.382 e. The fourth-order valence-electron chi connectivity index (χ4n) is 2.58. The van der Waals surface area contributed by atoms with Gasteiger partial charge in [0.25, 0.3) is 5.91 Å². The van der Waals surface area contributed by atoms with Gasteiger partial charge < -0.3 is 11.1 Å². The van der Waals surface area contributed by atoms with Crippen LogP contribution in [-0.4, -0.2) is 16.1 Å². The van der Waals surface area contributed by atoms with Crippen molar-refractivity contribution in [3.8, 4) is 0 Å². The number of hydrogen-bond donors (Lipinski definition) is 3. The maximum absolute atomic E-state index is 12.4. The van der Waals surface area contributed by atoms with Crippen LogP contribution in [-0.2, 0) is 6.42 Å². The lowest BCUT2D eigenvalue weighted by molar-refractivity contribution is 0.0940. The summed E-state index contributed by atoms with van der Waals surface area (Å²) >= 11 is 0. The summed E-state index contributed by atoms with van der Waals surface area (Å²) in [5, 5.41) is 10.5. The summed E-state index contributed by atoms with van der Waals surface area (Å²) in [5.41, 5.74) is 9.55. The molecule has 0 bridgehead atoms. The Kier molecular flexibility index (Phi) is 4.02. The van der Waals surface area contributed by atoms with Crippen LogP contribution in [0.3, 0.4) is 0 Å². The zero-order chi connectivity index (χ0) is 16.4. The van der Waals surface area contributed by atoms with Crippen molar-refractivity contribution < 1.29 is 4.79 Å². The van der Waals surface area contributed by atoms with E-state index in [1.807, 2.05) is 13.0 Å². The van der Waals surface area contributed by atoms with Gasteiger partial charge in [-0.05, 0) is 42.7 Å². The number of carbonyl (C=O) groups excluding carboxylic acids is 1. The van der Waals surface area contributed by atoms with E-state index in [0.29, 0.717) is 11.4 Å². The van der Waals surface area contributed by atoms with Crippen LogP contribution in [0.5, 0.6) is 0 Å². The second-order valence-corrected chi connectivity index (χ2v) is 5.66. The lowest BCUT2D eigenvalue weighted by atomic mass is 10.0. The molecule has 0 saturated heterocycles. The number of amides is 1. The highest BCUT2D eigenvalue weighted by molar-refractivity contribution is 6.00. The smallest absolute Gasteiger partial charge is 0.251 e. The van der Waals surface area contributed by atoms with E-state index in [2.05, 4.69) is 46.7 Å². The Bertz CT molecular complexity index is 836. The molecule has 0 spiro atoms. The molecule has 1 atom stereocenters. The second-order valence-electron chi connectivity index (χ2n) is 5.66. The van der Waals surface area contributed by atoms with Gasteiger partial charge in [0, 0.05) is 10.9 Å². The Labute approximate surface area is 134 Å². The van der Waals surface area contributed by atoms with Crippen molar-refractivity contribution in [3.63, 3.8) is 0 Å². The summed E-state index contributed by atoms with van der Waals surface area (Å²) in [6.45, 7) is 4.10. The first-order valence-electron chi connectivity index (χ1n) is 7.71. The highest BCUT2D eigenvalue weighted by atomic mass is 16.1. The van der Waals surface area contributed by atoms with Crippen molar-refractivity contribution >= 4 is 22.6 Å². The number of nitrogen functional groups attached to an aromatic ring is 1. The van der Waals surface area contributed by atoms with Gasteiger partial charge in [0.1, 0.15) is 0 Å². The van der Waals surface area contributed by atoms with Crippen LogP contribution in [0.15, 0.2) is 42.5 Å². The number of nitrogens with two attached hydrogens (primary N) is 1. The predicted molar refractivity (Wildman–Crippen MR) is 92.2 cm³/mol. The molecule has 118 valence electrons. The molecule has 0 unspecified atom stereocenters. The van der Waals surface area contributed by atoms with Crippen LogP contribution in [0.4, 0.5) is 5.82 Å². The van der Waals surface area contributed by atoms with Crippen molar-refractivity contribution in [2.75, 3.05) is 5.73 Å². The van der Waals surface area contributed by atoms with Gasteiger partial charge in [0.05, 0.1) is 11.6 Å². The van der Waals surface area contributed by atoms with Crippen molar-refractivity contribution in [3.05, 3.63) is 59.2 Å². The molecule has 0 aliphatic carbocycles. The zero-order valence-corrected chi connectivity index (χ0v) is 13.3. The molecule has 23 heavy (non-hydrogen) atoms. The van der Waals surface area contributed by atoms with E-state index in [1.54, 1.807) is 12.1 Å². The Hall–Kier alpha value is -2.82. The number of benzene rings is 2. The van der Waals surface area contributed by atoms with E-state index >= 15 is 0 Å². The first-order valence-corrected chi connectivity index (χ1v) is 7.71. The number of hydrogen-bond acceptors (Lipinski definition) is 3. The van der Waals surface area contributed by atoms with E-state index in [4.69, 9.17) is 5.73 Å².